The van der Waals surface area contributed by atoms with E-state index in [0.717, 1.165) is 79.8 Å². The SMILES string of the molecule is Cc1c(C(=O)N2CCCC2)oc2c1-c1nn(CC(=O)NCCCc3ccccc3)cc1CC2. The summed E-state index contributed by atoms with van der Waals surface area (Å²) in [5.41, 5.74) is 5.01. The third-order valence-electron chi connectivity index (χ3n) is 6.62. The lowest BCUT2D eigenvalue weighted by molar-refractivity contribution is -0.121. The van der Waals surface area contributed by atoms with E-state index in [1.54, 1.807) is 4.68 Å². The molecule has 0 unspecified atom stereocenters. The number of aromatic nitrogens is 2. The first-order chi connectivity index (χ1) is 16.1. The highest BCUT2D eigenvalue weighted by molar-refractivity contribution is 5.95. The van der Waals surface area contributed by atoms with Crippen LogP contribution < -0.4 is 5.32 Å². The van der Waals surface area contributed by atoms with E-state index < -0.39 is 0 Å². The summed E-state index contributed by atoms with van der Waals surface area (Å²) < 4.78 is 7.75. The number of fused-ring (bicyclic) bond motifs is 3. The number of nitrogens with zero attached hydrogens (tertiary/aromatic N) is 3. The topological polar surface area (TPSA) is 80.4 Å². The minimum Gasteiger partial charge on any atom is -0.455 e. The number of hydrogen-bond donors (Lipinski definition) is 1. The maximum absolute atomic E-state index is 12.9. The van der Waals surface area contributed by atoms with Crippen molar-refractivity contribution in [3.05, 3.63) is 64.7 Å². The number of carbonyl (C=O) groups excluding carboxylic acids is 2. The largest absolute Gasteiger partial charge is 0.455 e. The van der Waals surface area contributed by atoms with Crippen LogP contribution in [0.1, 0.15) is 52.3 Å². The zero-order valence-electron chi connectivity index (χ0n) is 19.1. The third-order valence-corrected chi connectivity index (χ3v) is 6.62. The van der Waals surface area contributed by atoms with Gasteiger partial charge in [-0.1, -0.05) is 30.3 Å². The van der Waals surface area contributed by atoms with E-state index in [9.17, 15) is 9.59 Å². The number of aryl methyl sites for hydroxylation is 3. The van der Waals surface area contributed by atoms with E-state index in [-0.39, 0.29) is 18.4 Å². The summed E-state index contributed by atoms with van der Waals surface area (Å²) in [5.74, 6) is 1.21. The Kier molecular flexibility index (Phi) is 6.03. The molecule has 2 aromatic heterocycles. The van der Waals surface area contributed by atoms with Crippen LogP contribution in [0.5, 0.6) is 0 Å². The average Bonchev–Trinajstić information content (AvgIpc) is 3.56. The molecule has 0 atom stereocenters. The number of nitrogens with one attached hydrogen (secondary N) is 1. The second-order valence-corrected chi connectivity index (χ2v) is 8.99. The molecule has 0 saturated carbocycles. The van der Waals surface area contributed by atoms with Gasteiger partial charge in [0.05, 0.1) is 5.69 Å². The minimum atomic E-state index is -0.0445. The highest BCUT2D eigenvalue weighted by Crippen LogP contribution is 2.38. The molecule has 7 nitrogen and oxygen atoms in total. The molecule has 172 valence electrons. The molecule has 1 N–H and O–H groups in total. The molecule has 3 heterocycles. The van der Waals surface area contributed by atoms with Crippen molar-refractivity contribution in [2.75, 3.05) is 19.6 Å². The summed E-state index contributed by atoms with van der Waals surface area (Å²) in [4.78, 5) is 27.2. The van der Waals surface area contributed by atoms with Crippen LogP contribution in [0, 0.1) is 6.92 Å². The maximum Gasteiger partial charge on any atom is 0.289 e. The second-order valence-electron chi connectivity index (χ2n) is 8.99. The van der Waals surface area contributed by atoms with Gasteiger partial charge < -0.3 is 14.6 Å². The van der Waals surface area contributed by atoms with E-state index in [1.807, 2.05) is 36.2 Å². The lowest BCUT2D eigenvalue weighted by atomic mass is 9.93. The Morgan fingerprint density at radius 3 is 2.70 bits per heavy atom. The number of furan rings is 1. The monoisotopic (exact) mass is 446 g/mol. The molecule has 2 amide bonds. The van der Waals surface area contributed by atoms with E-state index in [1.165, 1.54) is 5.56 Å². The molecule has 0 spiro atoms. The van der Waals surface area contributed by atoms with Crippen molar-refractivity contribution in [2.45, 2.75) is 52.0 Å². The molecule has 7 heteroatoms. The summed E-state index contributed by atoms with van der Waals surface area (Å²) in [6.07, 6.45) is 7.44. The van der Waals surface area contributed by atoms with Gasteiger partial charge in [-0.25, -0.2) is 0 Å². The summed E-state index contributed by atoms with van der Waals surface area (Å²) >= 11 is 0. The first-order valence-corrected chi connectivity index (χ1v) is 11.9. The van der Waals surface area contributed by atoms with Crippen LogP contribution >= 0.6 is 0 Å². The summed E-state index contributed by atoms with van der Waals surface area (Å²) in [5, 5.41) is 7.70. The molecule has 1 aliphatic heterocycles. The lowest BCUT2D eigenvalue weighted by Crippen LogP contribution is -2.28. The van der Waals surface area contributed by atoms with Crippen LogP contribution in [0.25, 0.3) is 11.3 Å². The average molecular weight is 447 g/mol. The molecule has 1 fully saturated rings. The van der Waals surface area contributed by atoms with Crippen molar-refractivity contribution in [3.8, 4) is 11.3 Å². The second kappa shape index (κ2) is 9.25. The number of hydrogen-bond acceptors (Lipinski definition) is 4. The summed E-state index contributed by atoms with van der Waals surface area (Å²) in [6.45, 7) is 4.36. The van der Waals surface area contributed by atoms with Gasteiger partial charge in [0, 0.05) is 43.4 Å². The Labute approximate surface area is 193 Å². The quantitative estimate of drug-likeness (QED) is 0.563. The zero-order chi connectivity index (χ0) is 22.8. The molecule has 0 bridgehead atoms. The Morgan fingerprint density at radius 2 is 1.91 bits per heavy atom. The number of rotatable bonds is 7. The van der Waals surface area contributed by atoms with Crippen molar-refractivity contribution in [1.82, 2.24) is 20.0 Å². The van der Waals surface area contributed by atoms with Gasteiger partial charge in [-0.15, -0.1) is 0 Å². The fraction of sp³-hybridized carbons (Fsp3) is 0.423. The molecule has 5 rings (SSSR count). The summed E-state index contributed by atoms with van der Waals surface area (Å²) in [7, 11) is 0. The maximum atomic E-state index is 12.9. The van der Waals surface area contributed by atoms with Crippen LogP contribution in [0.2, 0.25) is 0 Å². The Morgan fingerprint density at radius 1 is 1.12 bits per heavy atom. The predicted molar refractivity (Wildman–Crippen MR) is 125 cm³/mol. The number of likely N-dealkylation sites (tertiary alicyclic amines) is 1. The van der Waals surface area contributed by atoms with Crippen LogP contribution in [-0.4, -0.2) is 46.1 Å². The Balaban J connectivity index is 1.23. The van der Waals surface area contributed by atoms with Crippen molar-refractivity contribution in [3.63, 3.8) is 0 Å². The zero-order valence-corrected chi connectivity index (χ0v) is 19.1. The normalized spacial score (nSPS) is 14.8. The molecule has 1 aliphatic carbocycles. The summed E-state index contributed by atoms with van der Waals surface area (Å²) in [6, 6.07) is 10.3. The smallest absolute Gasteiger partial charge is 0.289 e. The molecule has 3 aromatic rings. The van der Waals surface area contributed by atoms with Crippen molar-refractivity contribution in [2.24, 2.45) is 0 Å². The van der Waals surface area contributed by atoms with Gasteiger partial charge in [-0.05, 0) is 50.2 Å². The van der Waals surface area contributed by atoms with Gasteiger partial charge in [-0.2, -0.15) is 5.10 Å². The number of carbonyl (C=O) groups is 2. The molecule has 2 aliphatic rings. The molecular formula is C26H30N4O3. The van der Waals surface area contributed by atoms with Gasteiger partial charge in [0.15, 0.2) is 5.76 Å². The predicted octanol–water partition coefficient (Wildman–Crippen LogP) is 3.54. The molecule has 0 radical (unpaired) electrons. The van der Waals surface area contributed by atoms with Gasteiger partial charge in [0.25, 0.3) is 5.91 Å². The Hall–Kier alpha value is -3.35. The van der Waals surface area contributed by atoms with Crippen LogP contribution in [-0.2, 0) is 30.6 Å². The van der Waals surface area contributed by atoms with Crippen LogP contribution in [0.3, 0.4) is 0 Å². The highest BCUT2D eigenvalue weighted by Gasteiger charge is 2.32. The third kappa shape index (κ3) is 4.45. The molecule has 1 saturated heterocycles. The van der Waals surface area contributed by atoms with E-state index in [0.29, 0.717) is 12.3 Å². The first kappa shape index (κ1) is 21.5. The highest BCUT2D eigenvalue weighted by atomic mass is 16.4. The number of benzene rings is 1. The van der Waals surface area contributed by atoms with Gasteiger partial charge in [0.1, 0.15) is 12.3 Å². The van der Waals surface area contributed by atoms with Gasteiger partial charge in [-0.3, -0.25) is 14.3 Å². The molecule has 33 heavy (non-hydrogen) atoms. The fourth-order valence-corrected chi connectivity index (χ4v) is 4.88. The van der Waals surface area contributed by atoms with E-state index in [4.69, 9.17) is 9.52 Å². The Bertz CT molecular complexity index is 1160. The molecule has 1 aromatic carbocycles. The van der Waals surface area contributed by atoms with Gasteiger partial charge >= 0.3 is 0 Å². The van der Waals surface area contributed by atoms with E-state index in [2.05, 4.69) is 17.4 Å². The fourth-order valence-electron chi connectivity index (χ4n) is 4.88. The van der Waals surface area contributed by atoms with Crippen molar-refractivity contribution in [1.29, 1.82) is 0 Å². The lowest BCUT2D eigenvalue weighted by Gasteiger charge is -2.13. The van der Waals surface area contributed by atoms with Gasteiger partial charge in [0.2, 0.25) is 5.91 Å². The van der Waals surface area contributed by atoms with Crippen molar-refractivity contribution < 1.29 is 14.0 Å². The van der Waals surface area contributed by atoms with Crippen LogP contribution in [0.15, 0.2) is 40.9 Å². The number of amides is 2. The first-order valence-electron chi connectivity index (χ1n) is 11.9. The van der Waals surface area contributed by atoms with E-state index >= 15 is 0 Å². The molecular weight excluding hydrogens is 416 g/mol. The van der Waals surface area contributed by atoms with Crippen LogP contribution in [0.4, 0.5) is 0 Å². The minimum absolute atomic E-state index is 0.0183. The standard InChI is InChI=1S/C26H30N4O3/c1-18-23-21(33-25(18)26(32)29-14-5-6-15-29)12-11-20-16-30(28-24(20)23)17-22(31)27-13-7-10-19-8-3-2-4-9-19/h2-4,8-9,16H,5-7,10-15,17H2,1H3,(H,27,31). The van der Waals surface area contributed by atoms with Crippen molar-refractivity contribution >= 4 is 11.8 Å².